The summed E-state index contributed by atoms with van der Waals surface area (Å²) in [4.78, 5) is 14.5. The number of carbonyl (C=O) groups is 1. The molecule has 2 N–H and O–H groups in total. The van der Waals surface area contributed by atoms with Crippen molar-refractivity contribution < 1.29 is 14.4 Å². The average Bonchev–Trinajstić information content (AvgIpc) is 2.83. The van der Waals surface area contributed by atoms with Crippen molar-refractivity contribution in [1.29, 1.82) is 0 Å². The van der Waals surface area contributed by atoms with E-state index in [2.05, 4.69) is 15.5 Å². The molecule has 2 aromatic heterocycles. The minimum atomic E-state index is -1.03. The molecule has 2 heterocycles. The highest BCUT2D eigenvalue weighted by molar-refractivity contribution is 7.13. The predicted octanol–water partition coefficient (Wildman–Crippen LogP) is 1.75. The lowest BCUT2D eigenvalue weighted by molar-refractivity contribution is 0.0691. The van der Waals surface area contributed by atoms with Crippen LogP contribution in [0.4, 0.5) is 5.13 Å². The van der Waals surface area contributed by atoms with Gasteiger partial charge in [0, 0.05) is 11.4 Å². The summed E-state index contributed by atoms with van der Waals surface area (Å²) in [5.74, 6) is -0.288. The minimum Gasteiger partial charge on any atom is -0.476 e. The van der Waals surface area contributed by atoms with Crippen LogP contribution in [-0.4, -0.2) is 21.2 Å². The Morgan fingerprint density at radius 2 is 2.50 bits per heavy atom. The van der Waals surface area contributed by atoms with E-state index in [1.807, 2.05) is 6.92 Å². The van der Waals surface area contributed by atoms with Crippen LogP contribution in [0.15, 0.2) is 16.0 Å². The van der Waals surface area contributed by atoms with Crippen LogP contribution in [0, 0.1) is 6.92 Å². The van der Waals surface area contributed by atoms with Gasteiger partial charge in [0.15, 0.2) is 10.8 Å². The quantitative estimate of drug-likeness (QED) is 0.845. The molecule has 7 heteroatoms. The molecule has 0 bridgehead atoms. The zero-order valence-electron chi connectivity index (χ0n) is 8.43. The highest BCUT2D eigenvalue weighted by atomic mass is 32.1. The Morgan fingerprint density at radius 3 is 3.06 bits per heavy atom. The van der Waals surface area contributed by atoms with Gasteiger partial charge in [-0.1, -0.05) is 5.16 Å². The van der Waals surface area contributed by atoms with E-state index in [0.29, 0.717) is 11.7 Å². The fourth-order valence-electron chi connectivity index (χ4n) is 1.12. The van der Waals surface area contributed by atoms with Crippen molar-refractivity contribution in [2.45, 2.75) is 13.5 Å². The van der Waals surface area contributed by atoms with Crippen LogP contribution in [0.1, 0.15) is 21.9 Å². The van der Waals surface area contributed by atoms with E-state index in [4.69, 9.17) is 9.63 Å². The summed E-state index contributed by atoms with van der Waals surface area (Å²) in [6.45, 7) is 2.27. The fourth-order valence-corrected chi connectivity index (χ4v) is 1.80. The molecule has 2 rings (SSSR count). The first-order valence-electron chi connectivity index (χ1n) is 4.50. The summed E-state index contributed by atoms with van der Waals surface area (Å²) in [6, 6.07) is 1.80. The monoisotopic (exact) mass is 239 g/mol. The zero-order chi connectivity index (χ0) is 11.5. The molecule has 0 amide bonds. The molecule has 0 radical (unpaired) electrons. The van der Waals surface area contributed by atoms with Crippen LogP contribution < -0.4 is 5.32 Å². The Kier molecular flexibility index (Phi) is 2.86. The van der Waals surface area contributed by atoms with Crippen LogP contribution in [0.2, 0.25) is 0 Å². The number of carboxylic acids is 1. The Balaban J connectivity index is 1.97. The number of rotatable bonds is 4. The molecule has 0 aliphatic rings. The Labute approximate surface area is 94.9 Å². The normalized spacial score (nSPS) is 10.3. The van der Waals surface area contributed by atoms with E-state index in [9.17, 15) is 4.79 Å². The molecule has 0 saturated carbocycles. The van der Waals surface area contributed by atoms with E-state index in [-0.39, 0.29) is 5.69 Å². The number of hydrogen-bond donors (Lipinski definition) is 2. The van der Waals surface area contributed by atoms with Crippen molar-refractivity contribution in [3.63, 3.8) is 0 Å². The number of anilines is 1. The number of carboxylic acid groups (broad SMARTS) is 1. The average molecular weight is 239 g/mol. The second-order valence-corrected chi connectivity index (χ2v) is 3.98. The van der Waals surface area contributed by atoms with Crippen molar-refractivity contribution >= 4 is 22.4 Å². The summed E-state index contributed by atoms with van der Waals surface area (Å²) >= 11 is 1.24. The summed E-state index contributed by atoms with van der Waals surface area (Å²) in [6.07, 6.45) is 0. The summed E-state index contributed by atoms with van der Waals surface area (Å²) in [7, 11) is 0. The number of aryl methyl sites for hydroxylation is 1. The largest absolute Gasteiger partial charge is 0.476 e. The Bertz CT molecular complexity index is 506. The molecule has 0 saturated heterocycles. The van der Waals surface area contributed by atoms with Crippen LogP contribution in [0.5, 0.6) is 0 Å². The lowest BCUT2D eigenvalue weighted by Crippen LogP contribution is -2.01. The van der Waals surface area contributed by atoms with Crippen LogP contribution in [0.3, 0.4) is 0 Å². The van der Waals surface area contributed by atoms with Gasteiger partial charge in [-0.2, -0.15) is 0 Å². The summed E-state index contributed by atoms with van der Waals surface area (Å²) < 4.78 is 4.90. The molecule has 0 fully saturated rings. The van der Waals surface area contributed by atoms with Gasteiger partial charge in [0.2, 0.25) is 0 Å². The molecule has 6 nitrogen and oxygen atoms in total. The van der Waals surface area contributed by atoms with E-state index < -0.39 is 5.97 Å². The second-order valence-electron chi connectivity index (χ2n) is 3.13. The highest BCUT2D eigenvalue weighted by Crippen LogP contribution is 2.16. The molecule has 0 aliphatic heterocycles. The molecule has 16 heavy (non-hydrogen) atoms. The van der Waals surface area contributed by atoms with Gasteiger partial charge in [0.1, 0.15) is 11.5 Å². The number of nitrogens with one attached hydrogen (secondary N) is 1. The molecular formula is C9H9N3O3S. The first-order chi connectivity index (χ1) is 7.65. The lowest BCUT2D eigenvalue weighted by Gasteiger charge is -1.96. The molecule has 0 spiro atoms. The molecule has 0 unspecified atom stereocenters. The summed E-state index contributed by atoms with van der Waals surface area (Å²) in [5, 5.41) is 17.5. The van der Waals surface area contributed by atoms with Crippen LogP contribution >= 0.6 is 11.3 Å². The Hall–Kier alpha value is -1.89. The third kappa shape index (κ3) is 2.37. The molecular weight excluding hydrogens is 230 g/mol. The van der Waals surface area contributed by atoms with Gasteiger partial charge < -0.3 is 14.9 Å². The SMILES string of the molecule is Cc1cc(CNc2nc(C(=O)O)cs2)no1. The lowest BCUT2D eigenvalue weighted by atomic mass is 10.4. The number of hydrogen-bond acceptors (Lipinski definition) is 6. The van der Waals surface area contributed by atoms with Gasteiger partial charge in [-0.15, -0.1) is 11.3 Å². The van der Waals surface area contributed by atoms with Gasteiger partial charge in [-0.05, 0) is 6.92 Å². The topological polar surface area (TPSA) is 88.2 Å². The van der Waals surface area contributed by atoms with Crippen LogP contribution in [-0.2, 0) is 6.54 Å². The zero-order valence-corrected chi connectivity index (χ0v) is 9.24. The first-order valence-corrected chi connectivity index (χ1v) is 5.38. The van der Waals surface area contributed by atoms with Gasteiger partial charge in [-0.25, -0.2) is 9.78 Å². The van der Waals surface area contributed by atoms with Crippen molar-refractivity contribution in [3.8, 4) is 0 Å². The Morgan fingerprint density at radius 1 is 1.69 bits per heavy atom. The van der Waals surface area contributed by atoms with E-state index >= 15 is 0 Å². The van der Waals surface area contributed by atoms with Gasteiger partial charge in [0.25, 0.3) is 0 Å². The van der Waals surface area contributed by atoms with E-state index in [1.165, 1.54) is 16.7 Å². The van der Waals surface area contributed by atoms with Crippen molar-refractivity contribution in [1.82, 2.24) is 10.1 Å². The van der Waals surface area contributed by atoms with Gasteiger partial charge in [-0.3, -0.25) is 0 Å². The van der Waals surface area contributed by atoms with Crippen molar-refractivity contribution in [3.05, 3.63) is 28.6 Å². The van der Waals surface area contributed by atoms with Crippen LogP contribution in [0.25, 0.3) is 0 Å². The fraction of sp³-hybridized carbons (Fsp3) is 0.222. The second kappa shape index (κ2) is 4.31. The number of thiazole rings is 1. The maximum Gasteiger partial charge on any atom is 0.355 e. The maximum atomic E-state index is 10.6. The number of aromatic carboxylic acids is 1. The highest BCUT2D eigenvalue weighted by Gasteiger charge is 2.08. The van der Waals surface area contributed by atoms with E-state index in [0.717, 1.165) is 11.5 Å². The van der Waals surface area contributed by atoms with Crippen molar-refractivity contribution in [2.75, 3.05) is 5.32 Å². The number of nitrogens with zero attached hydrogens (tertiary/aromatic N) is 2. The van der Waals surface area contributed by atoms with Gasteiger partial charge >= 0.3 is 5.97 Å². The molecule has 0 atom stereocenters. The molecule has 2 aromatic rings. The van der Waals surface area contributed by atoms with E-state index in [1.54, 1.807) is 6.07 Å². The molecule has 84 valence electrons. The summed E-state index contributed by atoms with van der Waals surface area (Å²) in [5.41, 5.74) is 0.799. The minimum absolute atomic E-state index is 0.0452. The maximum absolute atomic E-state index is 10.6. The van der Waals surface area contributed by atoms with Crippen molar-refractivity contribution in [2.24, 2.45) is 0 Å². The standard InChI is InChI=1S/C9H9N3O3S/c1-5-2-6(12-15-5)3-10-9-11-7(4-16-9)8(13)14/h2,4H,3H2,1H3,(H,10,11)(H,13,14). The number of aromatic nitrogens is 2. The first kappa shape index (κ1) is 10.6. The van der Waals surface area contributed by atoms with Gasteiger partial charge in [0.05, 0.1) is 6.54 Å². The smallest absolute Gasteiger partial charge is 0.355 e. The molecule has 0 aromatic carbocycles. The third-order valence-electron chi connectivity index (χ3n) is 1.82. The predicted molar refractivity (Wildman–Crippen MR) is 57.6 cm³/mol. The molecule has 0 aliphatic carbocycles. The third-order valence-corrected chi connectivity index (χ3v) is 2.62.